The average molecular weight is 288 g/mol. The van der Waals surface area contributed by atoms with Gasteiger partial charge in [0, 0.05) is 7.11 Å². The summed E-state index contributed by atoms with van der Waals surface area (Å²) in [7, 11) is 1.76. The zero-order valence-electron chi connectivity index (χ0n) is 9.74. The van der Waals surface area contributed by atoms with Crippen molar-refractivity contribution in [2.75, 3.05) is 12.8 Å². The van der Waals surface area contributed by atoms with Crippen molar-refractivity contribution in [3.05, 3.63) is 16.5 Å². The minimum atomic E-state index is 0.352. The molecule has 0 aliphatic carbocycles. The molecule has 0 aromatic carbocycles. The minimum absolute atomic E-state index is 0.352. The number of hydrogen-bond donors (Lipinski definition) is 1. The highest BCUT2D eigenvalue weighted by Gasteiger charge is 2.05. The lowest BCUT2D eigenvalue weighted by molar-refractivity contribution is 0.0904. The number of aryl methyl sites for hydroxylation is 1. The molecule has 90 valence electrons. The molecule has 0 fully saturated rings. The second-order valence-corrected chi connectivity index (χ2v) is 4.45. The molecule has 5 heteroatoms. The van der Waals surface area contributed by atoms with Gasteiger partial charge in [-0.05, 0) is 41.6 Å². The number of nitrogen functional groups attached to an aromatic ring is 1. The molecule has 1 aromatic rings. The first-order valence-corrected chi connectivity index (χ1v) is 6.26. The molecule has 0 radical (unpaired) electrons. The Morgan fingerprint density at radius 1 is 1.56 bits per heavy atom. The lowest BCUT2D eigenvalue weighted by Crippen LogP contribution is -2.09. The normalized spacial score (nSPS) is 12.7. The molecule has 4 nitrogen and oxygen atoms in total. The highest BCUT2D eigenvalue weighted by Crippen LogP contribution is 2.15. The fraction of sp³-hybridized carbons (Fsp3) is 0.636. The Kier molecular flexibility index (Phi) is 5.69. The van der Waals surface area contributed by atoms with E-state index in [1.807, 2.05) is 0 Å². The van der Waals surface area contributed by atoms with Gasteiger partial charge in [0.05, 0.1) is 18.0 Å². The molecule has 2 N–H and O–H groups in total. The smallest absolute Gasteiger partial charge is 0.156 e. The zero-order chi connectivity index (χ0) is 12.0. The van der Waals surface area contributed by atoms with Crippen LogP contribution in [-0.2, 0) is 11.2 Å². The van der Waals surface area contributed by atoms with Gasteiger partial charge in [0.15, 0.2) is 5.82 Å². The lowest BCUT2D eigenvalue weighted by Gasteiger charge is -2.12. The summed E-state index contributed by atoms with van der Waals surface area (Å²) >= 11 is 3.27. The summed E-state index contributed by atoms with van der Waals surface area (Å²) in [6.07, 6.45) is 6.14. The fourth-order valence-electron chi connectivity index (χ4n) is 1.53. The second-order valence-electron chi connectivity index (χ2n) is 3.70. The van der Waals surface area contributed by atoms with Crippen molar-refractivity contribution in [2.24, 2.45) is 0 Å². The summed E-state index contributed by atoms with van der Waals surface area (Å²) < 4.78 is 5.94. The number of methoxy groups -OCH3 is 1. The van der Waals surface area contributed by atoms with E-state index in [4.69, 9.17) is 10.5 Å². The molecule has 1 rings (SSSR count). The average Bonchev–Trinajstić information content (AvgIpc) is 2.29. The molecule has 0 spiro atoms. The Balaban J connectivity index is 2.40. The Morgan fingerprint density at radius 3 is 2.88 bits per heavy atom. The number of ether oxygens (including phenoxy) is 1. The molecule has 1 atom stereocenters. The number of nitrogens with two attached hydrogens (primary N) is 1. The predicted octanol–water partition coefficient (Wildman–Crippen LogP) is 2.57. The van der Waals surface area contributed by atoms with Gasteiger partial charge in [-0.25, -0.2) is 9.97 Å². The monoisotopic (exact) mass is 287 g/mol. The molecule has 16 heavy (non-hydrogen) atoms. The first-order chi connectivity index (χ1) is 7.67. The van der Waals surface area contributed by atoms with Gasteiger partial charge in [-0.15, -0.1) is 0 Å². The van der Waals surface area contributed by atoms with Gasteiger partial charge in [0.1, 0.15) is 4.60 Å². The summed E-state index contributed by atoms with van der Waals surface area (Å²) in [4.78, 5) is 8.36. The molecular weight excluding hydrogens is 270 g/mol. The van der Waals surface area contributed by atoms with E-state index in [0.29, 0.717) is 16.5 Å². The summed E-state index contributed by atoms with van der Waals surface area (Å²) in [5.74, 6) is 0.437. The van der Waals surface area contributed by atoms with E-state index >= 15 is 0 Å². The standard InChI is InChI=1S/C11H18BrN3O/c1-3-9(16-2)6-4-5-8-7-14-11(13)10(12)15-8/h7,9H,3-6H2,1-2H3,(H2,13,14). The summed E-state index contributed by atoms with van der Waals surface area (Å²) in [5, 5.41) is 0. The van der Waals surface area contributed by atoms with Gasteiger partial charge in [-0.2, -0.15) is 0 Å². The van der Waals surface area contributed by atoms with Crippen LogP contribution >= 0.6 is 15.9 Å². The van der Waals surface area contributed by atoms with Crippen molar-refractivity contribution in [2.45, 2.75) is 38.7 Å². The number of rotatable bonds is 6. The maximum atomic E-state index is 5.57. The number of aromatic nitrogens is 2. The van der Waals surface area contributed by atoms with Gasteiger partial charge in [-0.1, -0.05) is 6.92 Å². The van der Waals surface area contributed by atoms with E-state index in [1.165, 1.54) is 0 Å². The molecule has 0 bridgehead atoms. The molecule has 0 aliphatic heterocycles. The SMILES string of the molecule is CCC(CCCc1cnc(N)c(Br)n1)OC. The largest absolute Gasteiger partial charge is 0.381 e. The number of nitrogens with zero attached hydrogens (tertiary/aromatic N) is 2. The number of hydrogen-bond acceptors (Lipinski definition) is 4. The van der Waals surface area contributed by atoms with Crippen molar-refractivity contribution in [1.29, 1.82) is 0 Å². The molecule has 0 aliphatic rings. The number of halogens is 1. The van der Waals surface area contributed by atoms with E-state index < -0.39 is 0 Å². The first kappa shape index (κ1) is 13.4. The van der Waals surface area contributed by atoms with E-state index in [1.54, 1.807) is 13.3 Å². The topological polar surface area (TPSA) is 61.0 Å². The Morgan fingerprint density at radius 2 is 2.31 bits per heavy atom. The van der Waals surface area contributed by atoms with Crippen LogP contribution in [0.2, 0.25) is 0 Å². The van der Waals surface area contributed by atoms with Crippen LogP contribution in [0.15, 0.2) is 10.8 Å². The lowest BCUT2D eigenvalue weighted by atomic mass is 10.1. The van der Waals surface area contributed by atoms with Crippen molar-refractivity contribution in [1.82, 2.24) is 9.97 Å². The van der Waals surface area contributed by atoms with Crippen LogP contribution in [0, 0.1) is 0 Å². The summed E-state index contributed by atoms with van der Waals surface area (Å²) in [6.45, 7) is 2.13. The quantitative estimate of drug-likeness (QED) is 0.874. The van der Waals surface area contributed by atoms with Gasteiger partial charge in [-0.3, -0.25) is 0 Å². The predicted molar refractivity (Wildman–Crippen MR) is 68.2 cm³/mol. The maximum absolute atomic E-state index is 5.57. The van der Waals surface area contributed by atoms with Gasteiger partial charge in [0.2, 0.25) is 0 Å². The van der Waals surface area contributed by atoms with Crippen LogP contribution < -0.4 is 5.73 Å². The molecule has 1 aromatic heterocycles. The van der Waals surface area contributed by atoms with E-state index in [0.717, 1.165) is 31.4 Å². The highest BCUT2D eigenvalue weighted by molar-refractivity contribution is 9.10. The Labute approximate surface area is 105 Å². The van der Waals surface area contributed by atoms with Crippen molar-refractivity contribution < 1.29 is 4.74 Å². The minimum Gasteiger partial charge on any atom is -0.381 e. The molecule has 0 saturated heterocycles. The third-order valence-electron chi connectivity index (χ3n) is 2.55. The molecule has 0 amide bonds. The van der Waals surface area contributed by atoms with Crippen LogP contribution in [0.3, 0.4) is 0 Å². The van der Waals surface area contributed by atoms with Crippen molar-refractivity contribution in [3.63, 3.8) is 0 Å². The van der Waals surface area contributed by atoms with Crippen LogP contribution in [0.4, 0.5) is 5.82 Å². The van der Waals surface area contributed by atoms with Crippen LogP contribution in [0.1, 0.15) is 31.9 Å². The van der Waals surface area contributed by atoms with Gasteiger partial charge >= 0.3 is 0 Å². The summed E-state index contributed by atoms with van der Waals surface area (Å²) in [5.41, 5.74) is 6.53. The fourth-order valence-corrected chi connectivity index (χ4v) is 1.86. The van der Waals surface area contributed by atoms with Gasteiger partial charge < -0.3 is 10.5 Å². The third-order valence-corrected chi connectivity index (χ3v) is 3.14. The van der Waals surface area contributed by atoms with E-state index in [2.05, 4.69) is 32.8 Å². The zero-order valence-corrected chi connectivity index (χ0v) is 11.3. The molecule has 0 saturated carbocycles. The van der Waals surface area contributed by atoms with E-state index in [-0.39, 0.29) is 0 Å². The maximum Gasteiger partial charge on any atom is 0.156 e. The molecule has 1 heterocycles. The van der Waals surface area contributed by atoms with Crippen LogP contribution in [-0.4, -0.2) is 23.2 Å². The van der Waals surface area contributed by atoms with Crippen molar-refractivity contribution >= 4 is 21.7 Å². The highest BCUT2D eigenvalue weighted by atomic mass is 79.9. The van der Waals surface area contributed by atoms with Crippen LogP contribution in [0.5, 0.6) is 0 Å². The summed E-state index contributed by atoms with van der Waals surface area (Å²) in [6, 6.07) is 0. The molecule has 1 unspecified atom stereocenters. The first-order valence-electron chi connectivity index (χ1n) is 5.47. The van der Waals surface area contributed by atoms with Crippen LogP contribution in [0.25, 0.3) is 0 Å². The van der Waals surface area contributed by atoms with Gasteiger partial charge in [0.25, 0.3) is 0 Å². The Bertz CT molecular complexity index is 329. The third kappa shape index (κ3) is 4.06. The van der Waals surface area contributed by atoms with Crippen molar-refractivity contribution in [3.8, 4) is 0 Å². The number of anilines is 1. The molecular formula is C11H18BrN3O. The second kappa shape index (κ2) is 6.81. The Hall–Kier alpha value is -0.680. The van der Waals surface area contributed by atoms with E-state index in [9.17, 15) is 0 Å².